The van der Waals surface area contributed by atoms with Crippen molar-refractivity contribution >= 4 is 0 Å². The molecule has 0 saturated heterocycles. The Balaban J connectivity index is 1.77. The van der Waals surface area contributed by atoms with Gasteiger partial charge < -0.3 is 0 Å². The average Bonchev–Trinajstić information content (AvgIpc) is 2.62. The summed E-state index contributed by atoms with van der Waals surface area (Å²) < 4.78 is 0. The summed E-state index contributed by atoms with van der Waals surface area (Å²) in [7, 11) is 0. The first-order chi connectivity index (χ1) is 12.3. The molecule has 0 atom stereocenters. The molecule has 26 heavy (non-hydrogen) atoms. The van der Waals surface area contributed by atoms with E-state index in [0.29, 0.717) is 0 Å². The summed E-state index contributed by atoms with van der Waals surface area (Å²) in [5.41, 5.74) is 5.88. The Bertz CT molecular complexity index is 839. The van der Waals surface area contributed by atoms with Crippen molar-refractivity contribution in [3.05, 3.63) is 83.9 Å². The maximum Gasteiger partial charge on any atom is 0.0463 e. The van der Waals surface area contributed by atoms with Crippen molar-refractivity contribution in [2.45, 2.75) is 51.9 Å². The van der Waals surface area contributed by atoms with E-state index in [0.717, 1.165) is 23.4 Å². The first kappa shape index (κ1) is 18.3. The highest BCUT2D eigenvalue weighted by molar-refractivity contribution is 5.62. The molecule has 3 aromatic rings. The fourth-order valence-corrected chi connectivity index (χ4v) is 3.17. The molecule has 2 heterocycles. The van der Waals surface area contributed by atoms with Crippen LogP contribution >= 0.6 is 0 Å². The minimum Gasteiger partial charge on any atom is -0.260 e. The fraction of sp³-hybridized carbons (Fsp3) is 0.333. The van der Waals surface area contributed by atoms with E-state index in [1.54, 1.807) is 0 Å². The van der Waals surface area contributed by atoms with Gasteiger partial charge in [-0.1, -0.05) is 77.1 Å². The first-order valence-electron chi connectivity index (χ1n) is 9.23. The number of rotatable bonds is 4. The van der Waals surface area contributed by atoms with E-state index < -0.39 is 0 Å². The Labute approximate surface area is 157 Å². The van der Waals surface area contributed by atoms with Crippen LogP contribution in [0.25, 0.3) is 11.1 Å². The maximum atomic E-state index is 4.76. The van der Waals surface area contributed by atoms with Crippen LogP contribution in [0.15, 0.2) is 67.0 Å². The Hall–Kier alpha value is -2.48. The highest BCUT2D eigenvalue weighted by Gasteiger charge is 2.23. The molecule has 2 aromatic heterocycles. The predicted octanol–water partition coefficient (Wildman–Crippen LogP) is 5.96. The summed E-state index contributed by atoms with van der Waals surface area (Å²) >= 11 is 0. The summed E-state index contributed by atoms with van der Waals surface area (Å²) in [6.07, 6.45) is 4.91. The van der Waals surface area contributed by atoms with Crippen molar-refractivity contribution < 1.29 is 0 Å². The summed E-state index contributed by atoms with van der Waals surface area (Å²) in [4.78, 5) is 9.42. The van der Waals surface area contributed by atoms with E-state index in [1.165, 1.54) is 11.1 Å². The van der Waals surface area contributed by atoms with Crippen molar-refractivity contribution in [2.24, 2.45) is 0 Å². The van der Waals surface area contributed by atoms with Gasteiger partial charge in [-0.15, -0.1) is 0 Å². The molecule has 0 fully saturated rings. The molecular weight excluding hydrogens is 316 g/mol. The van der Waals surface area contributed by atoms with Crippen LogP contribution in [0.5, 0.6) is 0 Å². The number of hydrogen-bond donors (Lipinski definition) is 0. The second-order valence-electron chi connectivity index (χ2n) is 8.66. The van der Waals surface area contributed by atoms with Crippen molar-refractivity contribution in [1.82, 2.24) is 9.97 Å². The molecular formula is C24H28N2. The smallest absolute Gasteiger partial charge is 0.0463 e. The Kier molecular flexibility index (Phi) is 4.95. The van der Waals surface area contributed by atoms with Crippen molar-refractivity contribution in [3.8, 4) is 11.1 Å². The number of aromatic nitrogens is 2. The second kappa shape index (κ2) is 7.03. The van der Waals surface area contributed by atoms with Crippen LogP contribution in [0, 0.1) is 0 Å². The minimum atomic E-state index is -0.0415. The Morgan fingerprint density at radius 3 is 1.85 bits per heavy atom. The first-order valence-corrected chi connectivity index (χ1v) is 9.23. The SMILES string of the molecule is CC(C)(C)c1ccc(CC(C)(C)c2ccc(-c3ccccc3)cn2)cn1. The molecule has 0 aliphatic heterocycles. The van der Waals surface area contributed by atoms with Gasteiger partial charge in [0.1, 0.15) is 0 Å². The van der Waals surface area contributed by atoms with Gasteiger partial charge in [0.05, 0.1) is 0 Å². The highest BCUT2D eigenvalue weighted by Crippen LogP contribution is 2.28. The summed E-state index contributed by atoms with van der Waals surface area (Å²) in [6.45, 7) is 11.1. The third-order valence-electron chi connectivity index (χ3n) is 4.80. The highest BCUT2D eigenvalue weighted by atomic mass is 14.7. The van der Waals surface area contributed by atoms with Gasteiger partial charge in [0, 0.05) is 40.2 Å². The fourth-order valence-electron chi connectivity index (χ4n) is 3.17. The van der Waals surface area contributed by atoms with E-state index in [1.807, 2.05) is 18.5 Å². The second-order valence-corrected chi connectivity index (χ2v) is 8.66. The van der Waals surface area contributed by atoms with Crippen molar-refractivity contribution in [1.29, 1.82) is 0 Å². The zero-order valence-corrected chi connectivity index (χ0v) is 16.5. The monoisotopic (exact) mass is 344 g/mol. The molecule has 0 N–H and O–H groups in total. The minimum absolute atomic E-state index is 0.0415. The lowest BCUT2D eigenvalue weighted by Gasteiger charge is -2.25. The summed E-state index contributed by atoms with van der Waals surface area (Å²) in [6, 6.07) is 19.1. The molecule has 0 aliphatic carbocycles. The largest absolute Gasteiger partial charge is 0.260 e. The lowest BCUT2D eigenvalue weighted by Crippen LogP contribution is -2.22. The van der Waals surface area contributed by atoms with Gasteiger partial charge in [0.25, 0.3) is 0 Å². The third-order valence-corrected chi connectivity index (χ3v) is 4.80. The Morgan fingerprint density at radius 1 is 0.654 bits per heavy atom. The number of hydrogen-bond acceptors (Lipinski definition) is 2. The Morgan fingerprint density at radius 2 is 1.31 bits per heavy atom. The lowest BCUT2D eigenvalue weighted by molar-refractivity contribution is 0.503. The molecule has 1 aromatic carbocycles. The number of benzene rings is 1. The normalized spacial score (nSPS) is 12.2. The van der Waals surface area contributed by atoms with E-state index >= 15 is 0 Å². The van der Waals surface area contributed by atoms with Crippen molar-refractivity contribution in [2.75, 3.05) is 0 Å². The van der Waals surface area contributed by atoms with E-state index in [9.17, 15) is 0 Å². The van der Waals surface area contributed by atoms with Gasteiger partial charge in [-0.3, -0.25) is 9.97 Å². The standard InChI is InChI=1S/C24H28N2/c1-23(2,3)21-13-11-18(16-25-21)15-24(4,5)22-14-12-20(17-26-22)19-9-7-6-8-10-19/h6-14,16-17H,15H2,1-5H3. The van der Waals surface area contributed by atoms with Crippen LogP contribution in [-0.4, -0.2) is 9.97 Å². The summed E-state index contributed by atoms with van der Waals surface area (Å²) in [5, 5.41) is 0. The predicted molar refractivity (Wildman–Crippen MR) is 109 cm³/mol. The van der Waals surface area contributed by atoms with Crippen LogP contribution < -0.4 is 0 Å². The molecule has 3 rings (SSSR count). The zero-order valence-electron chi connectivity index (χ0n) is 16.5. The third kappa shape index (κ3) is 4.19. The maximum absolute atomic E-state index is 4.76. The topological polar surface area (TPSA) is 25.8 Å². The van der Waals surface area contributed by atoms with Gasteiger partial charge in [0.2, 0.25) is 0 Å². The average molecular weight is 345 g/mol. The van der Waals surface area contributed by atoms with Crippen LogP contribution in [0.4, 0.5) is 0 Å². The molecule has 0 bridgehead atoms. The zero-order chi connectivity index (χ0) is 18.8. The van der Waals surface area contributed by atoms with Gasteiger partial charge in [0.15, 0.2) is 0 Å². The lowest BCUT2D eigenvalue weighted by atomic mass is 9.82. The number of nitrogens with zero attached hydrogens (tertiary/aromatic N) is 2. The molecule has 0 aliphatic rings. The van der Waals surface area contributed by atoms with E-state index in [4.69, 9.17) is 4.98 Å². The van der Waals surface area contributed by atoms with Gasteiger partial charge in [-0.2, -0.15) is 0 Å². The molecule has 0 radical (unpaired) electrons. The molecule has 134 valence electrons. The van der Waals surface area contributed by atoms with E-state index in [-0.39, 0.29) is 10.8 Å². The van der Waals surface area contributed by atoms with Crippen LogP contribution in [0.1, 0.15) is 51.6 Å². The quantitative estimate of drug-likeness (QED) is 0.583. The molecule has 2 nitrogen and oxygen atoms in total. The van der Waals surface area contributed by atoms with Crippen molar-refractivity contribution in [3.63, 3.8) is 0 Å². The van der Waals surface area contributed by atoms with Gasteiger partial charge >= 0.3 is 0 Å². The van der Waals surface area contributed by atoms with Crippen LogP contribution in [0.3, 0.4) is 0 Å². The molecule has 0 spiro atoms. The molecule has 0 saturated carbocycles. The van der Waals surface area contributed by atoms with Gasteiger partial charge in [-0.05, 0) is 29.7 Å². The molecule has 0 unspecified atom stereocenters. The van der Waals surface area contributed by atoms with Crippen LogP contribution in [0.2, 0.25) is 0 Å². The van der Waals surface area contributed by atoms with Gasteiger partial charge in [-0.25, -0.2) is 0 Å². The molecule has 0 amide bonds. The molecule has 2 heteroatoms. The van der Waals surface area contributed by atoms with E-state index in [2.05, 4.69) is 88.1 Å². The van der Waals surface area contributed by atoms with Crippen LogP contribution in [-0.2, 0) is 17.3 Å². The summed E-state index contributed by atoms with van der Waals surface area (Å²) in [5.74, 6) is 0. The number of pyridine rings is 2.